The van der Waals surface area contributed by atoms with E-state index in [1.54, 1.807) is 30.3 Å². The minimum atomic E-state index is -0.374. The molecule has 1 aliphatic rings. The van der Waals surface area contributed by atoms with Crippen molar-refractivity contribution >= 4 is 17.4 Å². The predicted molar refractivity (Wildman–Crippen MR) is 106 cm³/mol. The van der Waals surface area contributed by atoms with Gasteiger partial charge in [-0.1, -0.05) is 13.0 Å². The van der Waals surface area contributed by atoms with Crippen molar-refractivity contribution in [1.29, 1.82) is 0 Å². The van der Waals surface area contributed by atoms with Gasteiger partial charge in [-0.2, -0.15) is 0 Å². The van der Waals surface area contributed by atoms with Crippen LogP contribution in [0.4, 0.5) is 10.1 Å². The average Bonchev–Trinajstić information content (AvgIpc) is 2.73. The van der Waals surface area contributed by atoms with Crippen LogP contribution in [0.2, 0.25) is 0 Å². The summed E-state index contributed by atoms with van der Waals surface area (Å²) in [5, 5.41) is 5.78. The van der Waals surface area contributed by atoms with Crippen LogP contribution >= 0.6 is 0 Å². The highest BCUT2D eigenvalue weighted by atomic mass is 19.1. The molecule has 0 aromatic heterocycles. The molecule has 3 rings (SSSR count). The zero-order valence-electron chi connectivity index (χ0n) is 16.0. The summed E-state index contributed by atoms with van der Waals surface area (Å²) in [6, 6.07) is 10.3. The second-order valence-corrected chi connectivity index (χ2v) is 6.84. The number of ketones is 1. The molecule has 0 saturated carbocycles. The van der Waals surface area contributed by atoms with Crippen LogP contribution < -0.4 is 15.4 Å². The highest BCUT2D eigenvalue weighted by Gasteiger charge is 2.18. The summed E-state index contributed by atoms with van der Waals surface area (Å²) in [6.07, 6.45) is 1.58. The number of anilines is 1. The number of rotatable bonds is 8. The average molecular weight is 384 g/mol. The third kappa shape index (κ3) is 4.95. The Labute approximate surface area is 164 Å². The predicted octanol–water partition coefficient (Wildman–Crippen LogP) is 3.86. The molecule has 2 N–H and O–H groups in total. The van der Waals surface area contributed by atoms with Crippen molar-refractivity contribution in [3.63, 3.8) is 0 Å². The van der Waals surface area contributed by atoms with E-state index in [4.69, 9.17) is 4.74 Å². The fourth-order valence-electron chi connectivity index (χ4n) is 3.17. The van der Waals surface area contributed by atoms with Crippen molar-refractivity contribution < 1.29 is 18.7 Å². The molecule has 0 fully saturated rings. The first-order valence-electron chi connectivity index (χ1n) is 9.65. The molecule has 0 radical (unpaired) electrons. The monoisotopic (exact) mass is 384 g/mol. The molecule has 1 heterocycles. The molecule has 2 aromatic carbocycles. The van der Waals surface area contributed by atoms with E-state index in [0.717, 1.165) is 18.5 Å². The van der Waals surface area contributed by atoms with Crippen molar-refractivity contribution in [1.82, 2.24) is 5.32 Å². The number of hydrogen-bond donors (Lipinski definition) is 2. The first-order chi connectivity index (χ1) is 13.6. The van der Waals surface area contributed by atoms with Crippen LogP contribution in [0.1, 0.15) is 47.7 Å². The topological polar surface area (TPSA) is 67.4 Å². The SMILES string of the molecule is CCCOc1ccc(C(=O)CCC(=O)Nc2ccc3c(c2F)CCNC3)cc1. The summed E-state index contributed by atoms with van der Waals surface area (Å²) in [5.74, 6) is -0.159. The second kappa shape index (κ2) is 9.46. The summed E-state index contributed by atoms with van der Waals surface area (Å²) in [4.78, 5) is 24.5. The quantitative estimate of drug-likeness (QED) is 0.678. The lowest BCUT2D eigenvalue weighted by Crippen LogP contribution is -2.25. The Kier molecular flexibility index (Phi) is 6.76. The minimum absolute atomic E-state index is 0.00496. The molecule has 148 valence electrons. The fraction of sp³-hybridized carbons (Fsp3) is 0.364. The van der Waals surface area contributed by atoms with Gasteiger partial charge in [-0.15, -0.1) is 0 Å². The molecule has 0 saturated heterocycles. The largest absolute Gasteiger partial charge is 0.494 e. The number of carbonyl (C=O) groups is 2. The zero-order chi connectivity index (χ0) is 19.9. The van der Waals surface area contributed by atoms with Crippen LogP contribution in [0.5, 0.6) is 5.75 Å². The summed E-state index contributed by atoms with van der Waals surface area (Å²) < 4.78 is 20.1. The lowest BCUT2D eigenvalue weighted by atomic mass is 9.99. The van der Waals surface area contributed by atoms with Gasteiger partial charge < -0.3 is 15.4 Å². The number of ether oxygens (including phenoxy) is 1. The normalized spacial score (nSPS) is 12.9. The van der Waals surface area contributed by atoms with Gasteiger partial charge in [0.05, 0.1) is 12.3 Å². The molecule has 1 aliphatic heterocycles. The van der Waals surface area contributed by atoms with Crippen LogP contribution in [-0.2, 0) is 17.8 Å². The lowest BCUT2D eigenvalue weighted by molar-refractivity contribution is -0.116. The highest BCUT2D eigenvalue weighted by Crippen LogP contribution is 2.24. The third-order valence-corrected chi connectivity index (χ3v) is 4.71. The minimum Gasteiger partial charge on any atom is -0.494 e. The molecule has 0 spiro atoms. The van der Waals surface area contributed by atoms with E-state index in [0.29, 0.717) is 36.4 Å². The molecule has 6 heteroatoms. The smallest absolute Gasteiger partial charge is 0.224 e. The molecule has 0 aliphatic carbocycles. The molecular formula is C22H25FN2O3. The van der Waals surface area contributed by atoms with E-state index in [1.807, 2.05) is 13.0 Å². The van der Waals surface area contributed by atoms with E-state index in [2.05, 4.69) is 10.6 Å². The van der Waals surface area contributed by atoms with Gasteiger partial charge >= 0.3 is 0 Å². The van der Waals surface area contributed by atoms with Crippen LogP contribution in [-0.4, -0.2) is 24.8 Å². The molecule has 0 bridgehead atoms. The third-order valence-electron chi connectivity index (χ3n) is 4.71. The van der Waals surface area contributed by atoms with Crippen LogP contribution in [0.25, 0.3) is 0 Å². The van der Waals surface area contributed by atoms with Crippen molar-refractivity contribution in [2.75, 3.05) is 18.5 Å². The number of nitrogens with one attached hydrogen (secondary N) is 2. The Morgan fingerprint density at radius 1 is 1.14 bits per heavy atom. The summed E-state index contributed by atoms with van der Waals surface area (Å²) in [7, 11) is 0. The van der Waals surface area contributed by atoms with Crippen molar-refractivity contribution in [2.24, 2.45) is 0 Å². The molecule has 28 heavy (non-hydrogen) atoms. The number of carbonyl (C=O) groups excluding carboxylic acids is 2. The number of hydrogen-bond acceptors (Lipinski definition) is 4. The van der Waals surface area contributed by atoms with Gasteiger partial charge in [-0.05, 0) is 60.8 Å². The van der Waals surface area contributed by atoms with Gasteiger partial charge in [-0.25, -0.2) is 4.39 Å². The van der Waals surface area contributed by atoms with Crippen LogP contribution in [0, 0.1) is 5.82 Å². The Hall–Kier alpha value is -2.73. The Bertz CT molecular complexity index is 850. The Balaban J connectivity index is 1.53. The summed E-state index contributed by atoms with van der Waals surface area (Å²) >= 11 is 0. The number of benzene rings is 2. The van der Waals surface area contributed by atoms with Crippen molar-refractivity contribution in [3.05, 3.63) is 58.9 Å². The maximum Gasteiger partial charge on any atom is 0.224 e. The molecule has 0 atom stereocenters. The molecule has 1 amide bonds. The summed E-state index contributed by atoms with van der Waals surface area (Å²) in [6.45, 7) is 4.01. The highest BCUT2D eigenvalue weighted by molar-refractivity contribution is 6.00. The van der Waals surface area contributed by atoms with Crippen LogP contribution in [0.15, 0.2) is 36.4 Å². The van der Waals surface area contributed by atoms with Gasteiger partial charge in [0.2, 0.25) is 5.91 Å². The number of Topliss-reactive ketones (excluding diaryl/α,β-unsaturated/α-hetero) is 1. The van der Waals surface area contributed by atoms with Gasteiger partial charge in [0.1, 0.15) is 11.6 Å². The molecule has 5 nitrogen and oxygen atoms in total. The van der Waals surface area contributed by atoms with Gasteiger partial charge in [0.25, 0.3) is 0 Å². The van der Waals surface area contributed by atoms with E-state index in [-0.39, 0.29) is 36.0 Å². The van der Waals surface area contributed by atoms with Crippen molar-refractivity contribution in [3.8, 4) is 5.75 Å². The lowest BCUT2D eigenvalue weighted by Gasteiger charge is -2.19. The van der Waals surface area contributed by atoms with E-state index < -0.39 is 0 Å². The maximum atomic E-state index is 14.6. The number of amides is 1. The first kappa shape index (κ1) is 20.0. The molecule has 2 aromatic rings. The maximum absolute atomic E-state index is 14.6. The van der Waals surface area contributed by atoms with E-state index >= 15 is 0 Å². The van der Waals surface area contributed by atoms with Crippen LogP contribution in [0.3, 0.4) is 0 Å². The molecular weight excluding hydrogens is 359 g/mol. The second-order valence-electron chi connectivity index (χ2n) is 6.84. The van der Waals surface area contributed by atoms with Crippen molar-refractivity contribution in [2.45, 2.75) is 39.2 Å². The van der Waals surface area contributed by atoms with Gasteiger partial charge in [-0.3, -0.25) is 9.59 Å². The number of halogens is 1. The molecule has 0 unspecified atom stereocenters. The Morgan fingerprint density at radius 3 is 2.68 bits per heavy atom. The summed E-state index contributed by atoms with van der Waals surface area (Å²) in [5.41, 5.74) is 2.28. The van der Waals surface area contributed by atoms with E-state index in [1.165, 1.54) is 0 Å². The first-order valence-corrected chi connectivity index (χ1v) is 9.65. The van der Waals surface area contributed by atoms with E-state index in [9.17, 15) is 14.0 Å². The van der Waals surface area contributed by atoms with Gasteiger partial charge in [0, 0.05) is 24.9 Å². The Morgan fingerprint density at radius 2 is 1.93 bits per heavy atom. The van der Waals surface area contributed by atoms with Gasteiger partial charge in [0.15, 0.2) is 5.78 Å². The zero-order valence-corrected chi connectivity index (χ0v) is 16.0. The standard InChI is InChI=1S/C22H25FN2O3/c1-2-13-28-17-6-3-15(4-7-17)20(26)9-10-21(27)25-19-8-5-16-14-24-12-11-18(16)22(19)23/h3-8,24H,2,9-14H2,1H3,(H,25,27). The number of fused-ring (bicyclic) bond motifs is 1. The fourth-order valence-corrected chi connectivity index (χ4v) is 3.17.